The number of nitrogens with zero attached hydrogens (tertiary/aromatic N) is 1. The van der Waals surface area contributed by atoms with Gasteiger partial charge in [0.15, 0.2) is 0 Å². The first-order valence-electron chi connectivity index (χ1n) is 2.27. The second-order valence-corrected chi connectivity index (χ2v) is 2.12. The van der Waals surface area contributed by atoms with Crippen molar-refractivity contribution in [2.45, 2.75) is 5.75 Å². The van der Waals surface area contributed by atoms with Gasteiger partial charge in [0.05, 0.1) is 6.33 Å². The molecule has 0 aliphatic rings. The summed E-state index contributed by atoms with van der Waals surface area (Å²) >= 11 is 1.54. The van der Waals surface area contributed by atoms with Crippen LogP contribution in [0.3, 0.4) is 0 Å². The van der Waals surface area contributed by atoms with Gasteiger partial charge in [-0.15, -0.1) is 0 Å². The number of rotatable bonds is 2. The van der Waals surface area contributed by atoms with E-state index in [1.54, 1.807) is 12.5 Å². The Morgan fingerprint density at radius 3 is 3.00 bits per heavy atom. The van der Waals surface area contributed by atoms with Gasteiger partial charge in [-0.25, -0.2) is 4.98 Å². The molecule has 4 heteroatoms. The third kappa shape index (κ3) is 3.38. The molecule has 9 heavy (non-hydrogen) atoms. The summed E-state index contributed by atoms with van der Waals surface area (Å²) in [5, 5.41) is 0. The van der Waals surface area contributed by atoms with Crippen LogP contribution < -0.4 is 0 Å². The van der Waals surface area contributed by atoms with E-state index in [1.165, 1.54) is 11.8 Å². The van der Waals surface area contributed by atoms with E-state index >= 15 is 0 Å². The maximum absolute atomic E-state index is 3.84. The van der Waals surface area contributed by atoms with Gasteiger partial charge in [-0.1, -0.05) is 0 Å². The van der Waals surface area contributed by atoms with E-state index in [4.69, 9.17) is 0 Å². The molecule has 0 amide bonds. The largest absolute Gasteiger partial charge is 3.00 e. The van der Waals surface area contributed by atoms with Crippen molar-refractivity contribution in [2.24, 2.45) is 0 Å². The van der Waals surface area contributed by atoms with Gasteiger partial charge in [0, 0.05) is 17.6 Å². The molecule has 1 aromatic heterocycles. The monoisotopic (exact) mass is 216 g/mol. The van der Waals surface area contributed by atoms with Crippen molar-refractivity contribution in [3.63, 3.8) is 0 Å². The fourth-order valence-corrected chi connectivity index (χ4v) is 0.851. The molecule has 0 unspecified atom stereocenters. The standard InChI is InChI=1S/C5H7N2S.Y/c1-8-3-5-2-6-4-7-5;/h2,4H,1,3H2,(H,6,7);/q-1;+3. The molecule has 0 aromatic carbocycles. The fourth-order valence-electron chi connectivity index (χ4n) is 0.474. The molecule has 0 fully saturated rings. The summed E-state index contributed by atoms with van der Waals surface area (Å²) in [4.78, 5) is 6.81. The van der Waals surface area contributed by atoms with Gasteiger partial charge in [0.1, 0.15) is 0 Å². The predicted molar refractivity (Wildman–Crippen MR) is 35.2 cm³/mol. The Morgan fingerprint density at radius 1 is 1.78 bits per heavy atom. The van der Waals surface area contributed by atoms with E-state index in [0.717, 1.165) is 11.4 Å². The molecule has 1 N–H and O–H groups in total. The summed E-state index contributed by atoms with van der Waals surface area (Å²) in [7, 11) is 0. The third-order valence-electron chi connectivity index (χ3n) is 0.812. The number of thioether (sulfide) groups is 1. The van der Waals surface area contributed by atoms with Gasteiger partial charge in [0.25, 0.3) is 0 Å². The third-order valence-corrected chi connectivity index (χ3v) is 1.33. The summed E-state index contributed by atoms with van der Waals surface area (Å²) in [5.74, 6) is 0.917. The average molecular weight is 216 g/mol. The van der Waals surface area contributed by atoms with Gasteiger partial charge in [-0.2, -0.15) is 0 Å². The quantitative estimate of drug-likeness (QED) is 0.757. The van der Waals surface area contributed by atoms with E-state index < -0.39 is 0 Å². The van der Waals surface area contributed by atoms with Gasteiger partial charge < -0.3 is 16.7 Å². The van der Waals surface area contributed by atoms with Crippen LogP contribution in [0.1, 0.15) is 5.69 Å². The first-order chi connectivity index (χ1) is 3.93. The molecule has 2 nitrogen and oxygen atoms in total. The van der Waals surface area contributed by atoms with Crippen LogP contribution >= 0.6 is 11.8 Å². The van der Waals surface area contributed by atoms with Gasteiger partial charge >= 0.3 is 32.7 Å². The summed E-state index contributed by atoms with van der Waals surface area (Å²) in [6.45, 7) is 0. The van der Waals surface area contributed by atoms with E-state index in [0.29, 0.717) is 0 Å². The number of H-pyrrole nitrogens is 1. The Bertz CT molecular complexity index is 141. The van der Waals surface area contributed by atoms with Crippen LogP contribution in [0.4, 0.5) is 0 Å². The number of aromatic amines is 1. The zero-order valence-corrected chi connectivity index (χ0v) is 8.66. The number of nitrogens with one attached hydrogen (secondary N) is 1. The van der Waals surface area contributed by atoms with E-state index in [-0.39, 0.29) is 32.7 Å². The Kier molecular flexibility index (Phi) is 5.85. The van der Waals surface area contributed by atoms with Crippen molar-refractivity contribution >= 4 is 11.8 Å². The minimum absolute atomic E-state index is 0. The first kappa shape index (κ1) is 9.66. The Hall–Kier alpha value is 0.664. The van der Waals surface area contributed by atoms with Crippen LogP contribution in [0.15, 0.2) is 12.5 Å². The number of imidazole rings is 1. The zero-order valence-electron chi connectivity index (χ0n) is 5.00. The van der Waals surface area contributed by atoms with Crippen molar-refractivity contribution in [3.05, 3.63) is 24.5 Å². The van der Waals surface area contributed by atoms with E-state index in [1.807, 2.05) is 0 Å². The molecule has 0 atom stereocenters. The van der Waals surface area contributed by atoms with Crippen molar-refractivity contribution in [1.29, 1.82) is 0 Å². The second kappa shape index (κ2) is 5.45. The molecule has 0 aliphatic carbocycles. The molecular weight excluding hydrogens is 209 g/mol. The van der Waals surface area contributed by atoms with Crippen LogP contribution in [0.2, 0.25) is 0 Å². The Labute approximate surface area is 84.1 Å². The van der Waals surface area contributed by atoms with Crippen LogP contribution in [0, 0.1) is 6.26 Å². The molecular formula is C5H7N2SY+2. The number of hydrogen-bond donors (Lipinski definition) is 1. The maximum atomic E-state index is 3.84. The molecule has 0 aliphatic heterocycles. The normalized spacial score (nSPS) is 8.56. The molecule has 1 rings (SSSR count). The van der Waals surface area contributed by atoms with Crippen molar-refractivity contribution < 1.29 is 32.7 Å². The van der Waals surface area contributed by atoms with Crippen molar-refractivity contribution in [3.8, 4) is 0 Å². The summed E-state index contributed by atoms with van der Waals surface area (Å²) < 4.78 is 0. The SMILES string of the molecule is [CH2-]SCc1cnc[nH]1.[Y+3]. The van der Waals surface area contributed by atoms with Crippen LogP contribution in [-0.4, -0.2) is 9.97 Å². The Balaban J connectivity index is 0.000000640. The number of hydrogen-bond acceptors (Lipinski definition) is 2. The van der Waals surface area contributed by atoms with Gasteiger partial charge in [0.2, 0.25) is 0 Å². The van der Waals surface area contributed by atoms with Gasteiger partial charge in [-0.3, -0.25) is 6.26 Å². The van der Waals surface area contributed by atoms with E-state index in [9.17, 15) is 0 Å². The van der Waals surface area contributed by atoms with Crippen molar-refractivity contribution in [2.75, 3.05) is 0 Å². The molecule has 0 radical (unpaired) electrons. The van der Waals surface area contributed by atoms with Crippen LogP contribution in [0.25, 0.3) is 0 Å². The van der Waals surface area contributed by atoms with Crippen molar-refractivity contribution in [1.82, 2.24) is 9.97 Å². The minimum Gasteiger partial charge on any atom is -0.348 e. The second-order valence-electron chi connectivity index (χ2n) is 1.43. The molecule has 44 valence electrons. The topological polar surface area (TPSA) is 28.7 Å². The van der Waals surface area contributed by atoms with E-state index in [2.05, 4.69) is 16.2 Å². The fraction of sp³-hybridized carbons (Fsp3) is 0.200. The first-order valence-corrected chi connectivity index (χ1v) is 3.43. The number of aromatic nitrogens is 2. The van der Waals surface area contributed by atoms with Crippen LogP contribution in [-0.2, 0) is 38.5 Å². The Morgan fingerprint density at radius 2 is 2.56 bits per heavy atom. The maximum Gasteiger partial charge on any atom is 3.00 e. The smallest absolute Gasteiger partial charge is 0.348 e. The summed E-state index contributed by atoms with van der Waals surface area (Å²) in [5.41, 5.74) is 1.13. The molecule has 0 saturated heterocycles. The molecule has 0 spiro atoms. The molecule has 0 bridgehead atoms. The van der Waals surface area contributed by atoms with Crippen LogP contribution in [0.5, 0.6) is 0 Å². The molecule has 1 aromatic rings. The predicted octanol–water partition coefficient (Wildman–Crippen LogP) is 1.43. The minimum atomic E-state index is 0. The molecule has 1 heterocycles. The summed E-state index contributed by atoms with van der Waals surface area (Å²) in [6, 6.07) is 0. The van der Waals surface area contributed by atoms with Gasteiger partial charge in [-0.05, 0) is 0 Å². The zero-order chi connectivity index (χ0) is 5.82. The average Bonchev–Trinajstić information content (AvgIpc) is 2.19. The molecule has 0 saturated carbocycles. The summed E-state index contributed by atoms with van der Waals surface area (Å²) in [6.07, 6.45) is 7.11.